The Morgan fingerprint density at radius 3 is 2.41 bits per heavy atom. The standard InChI is InChI=1S/C15H18N2O4S/c1-6-17-11-10(16-2)13(20-4)14-8(12(11)19-3)7-9(22-14)15(18)21-5/h6-7,15,18H,2H2,1,3-5H3/b17-6-. The number of hydrogen-bond acceptors (Lipinski definition) is 7. The molecule has 0 bridgehead atoms. The van der Waals surface area contributed by atoms with Crippen LogP contribution in [0.5, 0.6) is 11.5 Å². The molecule has 22 heavy (non-hydrogen) atoms. The van der Waals surface area contributed by atoms with E-state index in [0.29, 0.717) is 27.8 Å². The molecule has 1 unspecified atom stereocenters. The Bertz CT molecular complexity index is 724. The monoisotopic (exact) mass is 322 g/mol. The number of aliphatic imine (C=N–C) groups is 2. The van der Waals surface area contributed by atoms with Crippen molar-refractivity contribution < 1.29 is 19.3 Å². The average Bonchev–Trinajstić information content (AvgIpc) is 2.97. The van der Waals surface area contributed by atoms with Crippen LogP contribution in [0.4, 0.5) is 11.4 Å². The molecule has 1 aromatic heterocycles. The molecule has 0 aliphatic carbocycles. The maximum absolute atomic E-state index is 9.90. The predicted octanol–water partition coefficient (Wildman–Crippen LogP) is 3.61. The highest BCUT2D eigenvalue weighted by atomic mass is 32.1. The lowest BCUT2D eigenvalue weighted by molar-refractivity contribution is -0.0742. The van der Waals surface area contributed by atoms with Crippen LogP contribution in [0.1, 0.15) is 18.1 Å². The first-order chi connectivity index (χ1) is 10.6. The van der Waals surface area contributed by atoms with Gasteiger partial charge in [0.25, 0.3) is 0 Å². The summed E-state index contributed by atoms with van der Waals surface area (Å²) in [7, 11) is 4.56. The fourth-order valence-corrected chi connectivity index (χ4v) is 3.37. The number of hydrogen-bond donors (Lipinski definition) is 1. The number of nitrogens with zero attached hydrogens (tertiary/aromatic N) is 2. The van der Waals surface area contributed by atoms with E-state index in [2.05, 4.69) is 16.7 Å². The van der Waals surface area contributed by atoms with Crippen LogP contribution in [-0.4, -0.2) is 39.4 Å². The SMILES string of the molecule is C=Nc1c(/N=C\C)c(OC)c2cc(C(O)OC)sc2c1OC. The van der Waals surface area contributed by atoms with Crippen molar-refractivity contribution in [2.24, 2.45) is 9.98 Å². The Balaban J connectivity index is 2.92. The van der Waals surface area contributed by atoms with Crippen LogP contribution in [-0.2, 0) is 4.74 Å². The van der Waals surface area contributed by atoms with E-state index in [1.165, 1.54) is 18.4 Å². The zero-order valence-electron chi connectivity index (χ0n) is 12.9. The first-order valence-electron chi connectivity index (χ1n) is 6.50. The number of fused-ring (bicyclic) bond motifs is 1. The van der Waals surface area contributed by atoms with Crippen LogP contribution in [0.25, 0.3) is 10.1 Å². The van der Waals surface area contributed by atoms with E-state index < -0.39 is 6.29 Å². The van der Waals surface area contributed by atoms with Crippen molar-refractivity contribution in [1.29, 1.82) is 0 Å². The molecule has 2 rings (SSSR count). The molecule has 0 saturated heterocycles. The van der Waals surface area contributed by atoms with Gasteiger partial charge in [0, 0.05) is 18.7 Å². The summed E-state index contributed by atoms with van der Waals surface area (Å²) in [5.41, 5.74) is 1.05. The fourth-order valence-electron chi connectivity index (χ4n) is 2.23. The Labute approximate surface area is 132 Å². The van der Waals surface area contributed by atoms with E-state index in [0.717, 1.165) is 10.1 Å². The van der Waals surface area contributed by atoms with E-state index in [-0.39, 0.29) is 0 Å². The van der Waals surface area contributed by atoms with Crippen molar-refractivity contribution in [3.05, 3.63) is 10.9 Å². The van der Waals surface area contributed by atoms with E-state index in [1.54, 1.807) is 33.4 Å². The van der Waals surface area contributed by atoms with Gasteiger partial charge < -0.3 is 19.3 Å². The van der Waals surface area contributed by atoms with Crippen molar-refractivity contribution in [1.82, 2.24) is 0 Å². The maximum Gasteiger partial charge on any atom is 0.190 e. The molecule has 1 heterocycles. The smallest absolute Gasteiger partial charge is 0.190 e. The van der Waals surface area contributed by atoms with Gasteiger partial charge in [-0.25, -0.2) is 0 Å². The Kier molecular flexibility index (Phi) is 5.12. The van der Waals surface area contributed by atoms with Gasteiger partial charge >= 0.3 is 0 Å². The van der Waals surface area contributed by atoms with Gasteiger partial charge in [-0.2, -0.15) is 0 Å². The minimum Gasteiger partial charge on any atom is -0.494 e. The number of ether oxygens (including phenoxy) is 3. The van der Waals surface area contributed by atoms with E-state index in [9.17, 15) is 5.11 Å². The summed E-state index contributed by atoms with van der Waals surface area (Å²) in [5, 5.41) is 10.7. The molecule has 0 radical (unpaired) electrons. The van der Waals surface area contributed by atoms with Crippen LogP contribution in [0.15, 0.2) is 16.1 Å². The summed E-state index contributed by atoms with van der Waals surface area (Å²) >= 11 is 1.35. The molecule has 7 heteroatoms. The molecule has 0 amide bonds. The molecule has 1 N–H and O–H groups in total. The quantitative estimate of drug-likeness (QED) is 0.651. The second-order valence-electron chi connectivity index (χ2n) is 4.29. The lowest BCUT2D eigenvalue weighted by Gasteiger charge is -2.13. The minimum atomic E-state index is -1.01. The lowest BCUT2D eigenvalue weighted by Crippen LogP contribution is -1.95. The summed E-state index contributed by atoms with van der Waals surface area (Å²) in [4.78, 5) is 9.01. The zero-order valence-corrected chi connectivity index (χ0v) is 13.7. The van der Waals surface area contributed by atoms with Crippen molar-refractivity contribution >= 4 is 45.7 Å². The fraction of sp³-hybridized carbons (Fsp3) is 0.333. The number of rotatable bonds is 6. The third-order valence-corrected chi connectivity index (χ3v) is 4.31. The van der Waals surface area contributed by atoms with E-state index >= 15 is 0 Å². The van der Waals surface area contributed by atoms with Crippen LogP contribution in [0.2, 0.25) is 0 Å². The largest absolute Gasteiger partial charge is 0.494 e. The Morgan fingerprint density at radius 1 is 1.23 bits per heavy atom. The summed E-state index contributed by atoms with van der Waals surface area (Å²) in [6.45, 7) is 5.40. The highest BCUT2D eigenvalue weighted by molar-refractivity contribution is 7.19. The topological polar surface area (TPSA) is 72.6 Å². The van der Waals surface area contributed by atoms with Gasteiger partial charge in [-0.05, 0) is 19.7 Å². The molecule has 1 atom stereocenters. The molecule has 1 aromatic carbocycles. The van der Waals surface area contributed by atoms with Gasteiger partial charge in [-0.1, -0.05) is 0 Å². The van der Waals surface area contributed by atoms with Crippen LogP contribution in [0.3, 0.4) is 0 Å². The van der Waals surface area contributed by atoms with E-state index in [4.69, 9.17) is 14.2 Å². The number of benzene rings is 1. The highest BCUT2D eigenvalue weighted by Gasteiger charge is 2.24. The third-order valence-electron chi connectivity index (χ3n) is 3.15. The summed E-state index contributed by atoms with van der Waals surface area (Å²) < 4.78 is 16.8. The molecular formula is C15H18N2O4S. The zero-order chi connectivity index (χ0) is 16.3. The Morgan fingerprint density at radius 2 is 1.91 bits per heavy atom. The minimum absolute atomic E-state index is 0.505. The van der Waals surface area contributed by atoms with Crippen LogP contribution in [0, 0.1) is 0 Å². The van der Waals surface area contributed by atoms with Crippen molar-refractivity contribution in [2.75, 3.05) is 21.3 Å². The van der Waals surface area contributed by atoms with Gasteiger partial charge in [-0.15, -0.1) is 11.3 Å². The molecule has 118 valence electrons. The van der Waals surface area contributed by atoms with Crippen molar-refractivity contribution in [2.45, 2.75) is 13.2 Å². The average molecular weight is 322 g/mol. The van der Waals surface area contributed by atoms with Gasteiger partial charge in [0.15, 0.2) is 17.8 Å². The van der Waals surface area contributed by atoms with Crippen LogP contribution >= 0.6 is 11.3 Å². The van der Waals surface area contributed by atoms with Gasteiger partial charge in [-0.3, -0.25) is 9.98 Å². The normalized spacial score (nSPS) is 12.8. The highest BCUT2D eigenvalue weighted by Crippen LogP contribution is 2.53. The number of thiophene rings is 1. The predicted molar refractivity (Wildman–Crippen MR) is 89.9 cm³/mol. The van der Waals surface area contributed by atoms with E-state index in [1.807, 2.05) is 0 Å². The van der Waals surface area contributed by atoms with Crippen LogP contribution < -0.4 is 9.47 Å². The van der Waals surface area contributed by atoms with Crippen molar-refractivity contribution in [3.8, 4) is 11.5 Å². The lowest BCUT2D eigenvalue weighted by atomic mass is 10.1. The molecule has 0 aliphatic heterocycles. The molecular weight excluding hydrogens is 304 g/mol. The third kappa shape index (κ3) is 2.58. The van der Waals surface area contributed by atoms with Gasteiger partial charge in [0.2, 0.25) is 0 Å². The molecule has 0 aliphatic rings. The van der Waals surface area contributed by atoms with Gasteiger partial charge in [0.05, 0.1) is 23.8 Å². The molecule has 0 spiro atoms. The Hall–Kier alpha value is -1.96. The van der Waals surface area contributed by atoms with Gasteiger partial charge in [0.1, 0.15) is 11.4 Å². The second kappa shape index (κ2) is 6.87. The summed E-state index contributed by atoms with van der Waals surface area (Å²) in [6.07, 6.45) is 0.639. The summed E-state index contributed by atoms with van der Waals surface area (Å²) in [5.74, 6) is 1.10. The number of aliphatic hydroxyl groups excluding tert-OH is 1. The maximum atomic E-state index is 9.90. The molecule has 0 fully saturated rings. The molecule has 2 aromatic rings. The first kappa shape index (κ1) is 16.4. The summed E-state index contributed by atoms with van der Waals surface area (Å²) in [6, 6.07) is 1.80. The van der Waals surface area contributed by atoms with Crippen molar-refractivity contribution in [3.63, 3.8) is 0 Å². The molecule has 0 saturated carbocycles. The molecule has 6 nitrogen and oxygen atoms in total. The first-order valence-corrected chi connectivity index (χ1v) is 7.32. The number of aliphatic hydroxyl groups is 1. The number of methoxy groups -OCH3 is 3. The second-order valence-corrected chi connectivity index (χ2v) is 5.37.